The number of rotatable bonds is 3. The summed E-state index contributed by atoms with van der Waals surface area (Å²) < 4.78 is 13.7. The number of carbonyl (C=O) groups is 1. The van der Waals surface area contributed by atoms with Gasteiger partial charge in [-0.15, -0.1) is 0 Å². The summed E-state index contributed by atoms with van der Waals surface area (Å²) in [4.78, 5) is 12.7. The van der Waals surface area contributed by atoms with Crippen molar-refractivity contribution in [3.05, 3.63) is 53.8 Å². The maximum absolute atomic E-state index is 13.7. The molecule has 98 valence electrons. The van der Waals surface area contributed by atoms with Crippen LogP contribution in [0.2, 0.25) is 0 Å². The molecule has 0 fully saturated rings. The van der Waals surface area contributed by atoms with Crippen LogP contribution in [0.5, 0.6) is 0 Å². The Kier molecular flexibility index (Phi) is 3.37. The van der Waals surface area contributed by atoms with Gasteiger partial charge in [0.05, 0.1) is 16.9 Å². The van der Waals surface area contributed by atoms with E-state index in [0.29, 0.717) is 11.4 Å². The van der Waals surface area contributed by atoms with Crippen LogP contribution < -0.4 is 10.6 Å². The standard InChI is InChI=1S/C14H13FN2O2/c1-17(12-5-3-2-4-11(12)15)13-8-9(16)6-7-10(13)14(18)19/h2-8H,16H2,1H3,(H,18,19). The van der Waals surface area contributed by atoms with Gasteiger partial charge in [0.2, 0.25) is 0 Å². The second kappa shape index (κ2) is 4.97. The molecule has 0 atom stereocenters. The summed E-state index contributed by atoms with van der Waals surface area (Å²) in [5.41, 5.74) is 6.79. The third-order valence-electron chi connectivity index (χ3n) is 2.83. The smallest absolute Gasteiger partial charge is 0.337 e. The number of carboxylic acids is 1. The van der Waals surface area contributed by atoms with Crippen LogP contribution in [0.4, 0.5) is 21.5 Å². The predicted octanol–water partition coefficient (Wildman–Crippen LogP) is 2.87. The van der Waals surface area contributed by atoms with Gasteiger partial charge in [0.1, 0.15) is 5.82 Å². The SMILES string of the molecule is CN(c1ccccc1F)c1cc(N)ccc1C(=O)O. The highest BCUT2D eigenvalue weighted by Gasteiger charge is 2.16. The predicted molar refractivity (Wildman–Crippen MR) is 72.3 cm³/mol. The molecule has 0 bridgehead atoms. The molecule has 0 heterocycles. The molecule has 0 aliphatic heterocycles. The van der Waals surface area contributed by atoms with Gasteiger partial charge >= 0.3 is 5.97 Å². The summed E-state index contributed by atoms with van der Waals surface area (Å²) in [6.45, 7) is 0. The average molecular weight is 260 g/mol. The Morgan fingerprint density at radius 2 is 1.89 bits per heavy atom. The van der Waals surface area contributed by atoms with Crippen molar-refractivity contribution in [2.45, 2.75) is 0 Å². The molecule has 0 spiro atoms. The minimum absolute atomic E-state index is 0.0694. The zero-order valence-electron chi connectivity index (χ0n) is 10.3. The number of benzene rings is 2. The summed E-state index contributed by atoms with van der Waals surface area (Å²) in [5.74, 6) is -1.51. The van der Waals surface area contributed by atoms with E-state index >= 15 is 0 Å². The fraction of sp³-hybridized carbons (Fsp3) is 0.0714. The molecule has 2 aromatic carbocycles. The largest absolute Gasteiger partial charge is 0.478 e. The first-order valence-corrected chi connectivity index (χ1v) is 5.62. The number of hydrogen-bond acceptors (Lipinski definition) is 3. The summed E-state index contributed by atoms with van der Waals surface area (Å²) >= 11 is 0. The molecule has 0 saturated heterocycles. The molecule has 3 N–H and O–H groups in total. The van der Waals surface area contributed by atoms with Crippen molar-refractivity contribution < 1.29 is 14.3 Å². The van der Waals surface area contributed by atoms with E-state index in [1.165, 1.54) is 29.2 Å². The van der Waals surface area contributed by atoms with E-state index in [1.807, 2.05) is 0 Å². The lowest BCUT2D eigenvalue weighted by Gasteiger charge is -2.22. The minimum atomic E-state index is -1.09. The Labute approximate surface area is 109 Å². The number of para-hydroxylation sites is 1. The van der Waals surface area contributed by atoms with E-state index in [-0.39, 0.29) is 11.3 Å². The Hall–Kier alpha value is -2.56. The number of aromatic carboxylic acids is 1. The van der Waals surface area contributed by atoms with Crippen LogP contribution in [0.15, 0.2) is 42.5 Å². The van der Waals surface area contributed by atoms with Gasteiger partial charge in [-0.2, -0.15) is 0 Å². The molecule has 0 saturated carbocycles. The molecule has 5 heteroatoms. The van der Waals surface area contributed by atoms with Crippen LogP contribution in [-0.2, 0) is 0 Å². The molecular weight excluding hydrogens is 247 g/mol. The van der Waals surface area contributed by atoms with E-state index in [2.05, 4.69) is 0 Å². The second-order valence-corrected chi connectivity index (χ2v) is 4.09. The number of carboxylic acid groups (broad SMARTS) is 1. The summed E-state index contributed by atoms with van der Waals surface area (Å²) in [6, 6.07) is 10.6. The van der Waals surface area contributed by atoms with Gasteiger partial charge in [-0.25, -0.2) is 9.18 Å². The third-order valence-corrected chi connectivity index (χ3v) is 2.83. The normalized spacial score (nSPS) is 10.2. The van der Waals surface area contributed by atoms with Gasteiger partial charge in [0.25, 0.3) is 0 Å². The first kappa shape index (κ1) is 12.9. The van der Waals surface area contributed by atoms with Crippen LogP contribution in [0.1, 0.15) is 10.4 Å². The first-order valence-electron chi connectivity index (χ1n) is 5.62. The van der Waals surface area contributed by atoms with Gasteiger partial charge in [0, 0.05) is 12.7 Å². The van der Waals surface area contributed by atoms with Gasteiger partial charge in [0.15, 0.2) is 0 Å². The van der Waals surface area contributed by atoms with E-state index < -0.39 is 11.8 Å². The topological polar surface area (TPSA) is 66.6 Å². The molecule has 2 rings (SSSR count). The minimum Gasteiger partial charge on any atom is -0.478 e. The number of hydrogen-bond donors (Lipinski definition) is 2. The lowest BCUT2D eigenvalue weighted by atomic mass is 10.1. The highest BCUT2D eigenvalue weighted by Crippen LogP contribution is 2.30. The first-order chi connectivity index (χ1) is 9.00. The zero-order chi connectivity index (χ0) is 14.0. The van der Waals surface area contributed by atoms with E-state index in [9.17, 15) is 9.18 Å². The van der Waals surface area contributed by atoms with Gasteiger partial charge in [-0.3, -0.25) is 0 Å². The maximum Gasteiger partial charge on any atom is 0.337 e. The number of nitrogen functional groups attached to an aromatic ring is 1. The molecule has 0 aliphatic rings. The van der Waals surface area contributed by atoms with Crippen molar-refractivity contribution >= 4 is 23.0 Å². The molecule has 2 aromatic rings. The zero-order valence-corrected chi connectivity index (χ0v) is 10.3. The van der Waals surface area contributed by atoms with Crippen molar-refractivity contribution in [3.8, 4) is 0 Å². The number of nitrogens with zero attached hydrogens (tertiary/aromatic N) is 1. The highest BCUT2D eigenvalue weighted by atomic mass is 19.1. The van der Waals surface area contributed by atoms with Crippen LogP contribution in [0, 0.1) is 5.82 Å². The lowest BCUT2D eigenvalue weighted by molar-refractivity contribution is 0.0697. The van der Waals surface area contributed by atoms with Crippen molar-refractivity contribution in [2.75, 3.05) is 17.7 Å². The number of nitrogens with two attached hydrogens (primary N) is 1. The van der Waals surface area contributed by atoms with Crippen molar-refractivity contribution in [3.63, 3.8) is 0 Å². The highest BCUT2D eigenvalue weighted by molar-refractivity contribution is 5.96. The van der Waals surface area contributed by atoms with Crippen molar-refractivity contribution in [1.82, 2.24) is 0 Å². The number of halogens is 1. The summed E-state index contributed by atoms with van der Waals surface area (Å²) in [6.07, 6.45) is 0. The molecule has 4 nitrogen and oxygen atoms in total. The van der Waals surface area contributed by atoms with Gasteiger partial charge < -0.3 is 15.7 Å². The Morgan fingerprint density at radius 1 is 1.21 bits per heavy atom. The molecule has 0 unspecified atom stereocenters. The molecule has 0 amide bonds. The van der Waals surface area contributed by atoms with Crippen molar-refractivity contribution in [2.24, 2.45) is 0 Å². The Bertz CT molecular complexity index is 629. The number of anilines is 3. The molecule has 0 aromatic heterocycles. The van der Waals surface area contributed by atoms with Crippen molar-refractivity contribution in [1.29, 1.82) is 0 Å². The molecule has 0 radical (unpaired) electrons. The molecule has 0 aliphatic carbocycles. The van der Waals surface area contributed by atoms with Gasteiger partial charge in [-0.1, -0.05) is 12.1 Å². The van der Waals surface area contributed by atoms with Gasteiger partial charge in [-0.05, 0) is 30.3 Å². The van der Waals surface area contributed by atoms with E-state index in [1.54, 1.807) is 25.2 Å². The molecule has 19 heavy (non-hydrogen) atoms. The van der Waals surface area contributed by atoms with E-state index in [0.717, 1.165) is 0 Å². The van der Waals surface area contributed by atoms with Crippen LogP contribution in [-0.4, -0.2) is 18.1 Å². The fourth-order valence-electron chi connectivity index (χ4n) is 1.86. The lowest BCUT2D eigenvalue weighted by Crippen LogP contribution is -2.15. The summed E-state index contributed by atoms with van der Waals surface area (Å²) in [7, 11) is 1.60. The van der Waals surface area contributed by atoms with Crippen LogP contribution in [0.25, 0.3) is 0 Å². The van der Waals surface area contributed by atoms with Crippen LogP contribution >= 0.6 is 0 Å². The summed E-state index contributed by atoms with van der Waals surface area (Å²) in [5, 5.41) is 9.16. The average Bonchev–Trinajstić information content (AvgIpc) is 2.38. The quantitative estimate of drug-likeness (QED) is 0.833. The van der Waals surface area contributed by atoms with E-state index in [4.69, 9.17) is 10.8 Å². The monoisotopic (exact) mass is 260 g/mol. The Morgan fingerprint density at radius 3 is 2.53 bits per heavy atom. The van der Waals surface area contributed by atoms with Crippen LogP contribution in [0.3, 0.4) is 0 Å². The Balaban J connectivity index is 2.55. The third kappa shape index (κ3) is 2.49. The maximum atomic E-state index is 13.7. The molecular formula is C14H13FN2O2. The fourth-order valence-corrected chi connectivity index (χ4v) is 1.86. The second-order valence-electron chi connectivity index (χ2n) is 4.09.